The smallest absolute Gasteiger partial charge is 0.305 e. The van der Waals surface area contributed by atoms with Crippen LogP contribution in [0.1, 0.15) is 52.4 Å². The molecule has 2 saturated heterocycles. The minimum atomic E-state index is -1.39. The van der Waals surface area contributed by atoms with E-state index in [9.17, 15) is 29.1 Å². The van der Waals surface area contributed by atoms with E-state index >= 15 is 0 Å². The quantitative estimate of drug-likeness (QED) is 0.282. The monoisotopic (exact) mass is 439 g/mol. The summed E-state index contributed by atoms with van der Waals surface area (Å²) in [5.41, 5.74) is 5.34. The van der Waals surface area contributed by atoms with Crippen LogP contribution in [0.2, 0.25) is 0 Å². The molecule has 0 aromatic carbocycles. The second-order valence-electron chi connectivity index (χ2n) is 8.59. The molecule has 31 heavy (non-hydrogen) atoms. The highest BCUT2D eigenvalue weighted by Crippen LogP contribution is 2.21. The molecule has 0 aliphatic carbocycles. The summed E-state index contributed by atoms with van der Waals surface area (Å²) in [6.07, 6.45) is 2.30. The summed E-state index contributed by atoms with van der Waals surface area (Å²) >= 11 is 0. The summed E-state index contributed by atoms with van der Waals surface area (Å²) < 4.78 is 0. The first-order valence-corrected chi connectivity index (χ1v) is 10.8. The predicted octanol–water partition coefficient (Wildman–Crippen LogP) is -1.29. The molecule has 0 radical (unpaired) electrons. The molecule has 2 heterocycles. The van der Waals surface area contributed by atoms with E-state index in [2.05, 4.69) is 16.0 Å². The number of nitrogens with zero attached hydrogens (tertiary/aromatic N) is 1. The van der Waals surface area contributed by atoms with E-state index in [-0.39, 0.29) is 24.3 Å². The van der Waals surface area contributed by atoms with Crippen molar-refractivity contribution >= 4 is 29.6 Å². The van der Waals surface area contributed by atoms with Crippen molar-refractivity contribution in [2.24, 2.45) is 11.7 Å². The van der Waals surface area contributed by atoms with Crippen LogP contribution < -0.4 is 21.7 Å². The summed E-state index contributed by atoms with van der Waals surface area (Å²) in [5, 5.41) is 17.2. The van der Waals surface area contributed by atoms with Crippen LogP contribution in [0.4, 0.5) is 0 Å². The molecular formula is C20H33N5O6. The third-order valence-electron chi connectivity index (χ3n) is 5.58. The van der Waals surface area contributed by atoms with Crippen LogP contribution in [0.5, 0.6) is 0 Å². The van der Waals surface area contributed by atoms with Crippen molar-refractivity contribution in [2.45, 2.75) is 76.5 Å². The number of carbonyl (C=O) groups excluding carboxylic acids is 4. The zero-order valence-electron chi connectivity index (χ0n) is 18.1. The van der Waals surface area contributed by atoms with E-state index in [1.807, 2.05) is 13.8 Å². The van der Waals surface area contributed by atoms with Gasteiger partial charge in [-0.3, -0.25) is 24.0 Å². The van der Waals surface area contributed by atoms with Crippen molar-refractivity contribution in [3.05, 3.63) is 0 Å². The van der Waals surface area contributed by atoms with E-state index in [0.29, 0.717) is 25.8 Å². The van der Waals surface area contributed by atoms with Gasteiger partial charge < -0.3 is 31.7 Å². The molecule has 2 aliphatic heterocycles. The van der Waals surface area contributed by atoms with Gasteiger partial charge in [-0.15, -0.1) is 0 Å². The molecule has 0 unspecified atom stereocenters. The van der Waals surface area contributed by atoms with Gasteiger partial charge in [0, 0.05) is 6.54 Å². The van der Waals surface area contributed by atoms with Crippen molar-refractivity contribution in [3.8, 4) is 0 Å². The fraction of sp³-hybridized carbons (Fsp3) is 0.750. The average molecular weight is 440 g/mol. The Hall–Kier alpha value is -2.69. The van der Waals surface area contributed by atoms with Gasteiger partial charge in [0.1, 0.15) is 18.1 Å². The number of hydrogen-bond donors (Lipinski definition) is 5. The highest BCUT2D eigenvalue weighted by atomic mass is 16.4. The predicted molar refractivity (Wildman–Crippen MR) is 111 cm³/mol. The number of primary amides is 1. The molecule has 0 spiro atoms. The number of nitrogens with one attached hydrogen (secondary N) is 3. The van der Waals surface area contributed by atoms with Gasteiger partial charge in [-0.25, -0.2) is 0 Å². The summed E-state index contributed by atoms with van der Waals surface area (Å²) in [4.78, 5) is 62.7. The Kier molecular flexibility index (Phi) is 8.78. The number of amides is 4. The molecule has 11 nitrogen and oxygen atoms in total. The summed E-state index contributed by atoms with van der Waals surface area (Å²) in [6, 6.07) is -3.44. The van der Waals surface area contributed by atoms with Gasteiger partial charge in [0.15, 0.2) is 0 Å². The third kappa shape index (κ3) is 6.91. The molecule has 4 amide bonds. The minimum absolute atomic E-state index is 0.0626. The Morgan fingerprint density at radius 1 is 1.10 bits per heavy atom. The van der Waals surface area contributed by atoms with Crippen LogP contribution in [-0.4, -0.2) is 76.9 Å². The average Bonchev–Trinajstić information content (AvgIpc) is 3.37. The number of aliphatic carboxylic acids is 1. The lowest BCUT2D eigenvalue weighted by Gasteiger charge is -2.28. The number of carboxylic acid groups (broad SMARTS) is 1. The van der Waals surface area contributed by atoms with Crippen LogP contribution >= 0.6 is 0 Å². The highest BCUT2D eigenvalue weighted by molar-refractivity contribution is 5.96. The van der Waals surface area contributed by atoms with E-state index in [1.54, 1.807) is 0 Å². The molecule has 0 bridgehead atoms. The number of carbonyl (C=O) groups is 5. The lowest BCUT2D eigenvalue weighted by atomic mass is 10.0. The largest absolute Gasteiger partial charge is 0.481 e. The fourth-order valence-electron chi connectivity index (χ4n) is 4.04. The number of hydrogen-bond acceptors (Lipinski definition) is 6. The summed E-state index contributed by atoms with van der Waals surface area (Å²) in [6.45, 7) is 4.88. The minimum Gasteiger partial charge on any atom is -0.481 e. The lowest BCUT2D eigenvalue weighted by Crippen LogP contribution is -2.57. The topological polar surface area (TPSA) is 171 Å². The Morgan fingerprint density at radius 2 is 1.81 bits per heavy atom. The molecule has 11 heteroatoms. The van der Waals surface area contributed by atoms with Crippen LogP contribution in [0.15, 0.2) is 0 Å². The standard InChI is InChI=1S/C20H33N5O6/c1-11(2)9-13(17(21)28)23-18(29)14(10-16(26)27)24-19(30)15-6-4-8-25(15)20(31)12-5-3-7-22-12/h11-15,22H,3-10H2,1-2H3,(H2,21,28)(H,23,29)(H,24,30)(H,26,27)/t12-,13+,14+,15+/m1/s1. The van der Waals surface area contributed by atoms with Gasteiger partial charge >= 0.3 is 5.97 Å². The van der Waals surface area contributed by atoms with Crippen molar-refractivity contribution in [1.29, 1.82) is 0 Å². The zero-order valence-corrected chi connectivity index (χ0v) is 18.1. The first-order valence-electron chi connectivity index (χ1n) is 10.8. The molecule has 2 fully saturated rings. The van der Waals surface area contributed by atoms with E-state index in [0.717, 1.165) is 13.0 Å². The number of likely N-dealkylation sites (tertiary alicyclic amines) is 1. The molecule has 2 rings (SSSR count). The number of rotatable bonds is 10. The van der Waals surface area contributed by atoms with Gasteiger partial charge in [0.2, 0.25) is 23.6 Å². The van der Waals surface area contributed by atoms with Gasteiger partial charge in [0.25, 0.3) is 0 Å². The van der Waals surface area contributed by atoms with Gasteiger partial charge in [-0.2, -0.15) is 0 Å². The molecule has 0 aromatic heterocycles. The van der Waals surface area contributed by atoms with Crippen molar-refractivity contribution in [3.63, 3.8) is 0 Å². The maximum absolute atomic E-state index is 12.9. The van der Waals surface area contributed by atoms with Crippen LogP contribution in [-0.2, 0) is 24.0 Å². The first kappa shape index (κ1) is 24.6. The molecule has 6 N–H and O–H groups in total. The van der Waals surface area contributed by atoms with Crippen LogP contribution in [0.25, 0.3) is 0 Å². The third-order valence-corrected chi connectivity index (χ3v) is 5.58. The first-order chi connectivity index (χ1) is 14.6. The number of carboxylic acids is 1. The van der Waals surface area contributed by atoms with Gasteiger partial charge in [0.05, 0.1) is 12.5 Å². The van der Waals surface area contributed by atoms with Crippen LogP contribution in [0, 0.1) is 5.92 Å². The van der Waals surface area contributed by atoms with E-state index in [1.165, 1.54) is 4.90 Å². The van der Waals surface area contributed by atoms with E-state index < -0.39 is 48.2 Å². The number of nitrogens with two attached hydrogens (primary N) is 1. The van der Waals surface area contributed by atoms with Crippen molar-refractivity contribution in [1.82, 2.24) is 20.9 Å². The molecule has 0 aromatic rings. The summed E-state index contributed by atoms with van der Waals surface area (Å²) in [5.74, 6) is -3.49. The molecular weight excluding hydrogens is 406 g/mol. The second kappa shape index (κ2) is 11.1. The van der Waals surface area contributed by atoms with E-state index in [4.69, 9.17) is 5.73 Å². The SMILES string of the molecule is CC(C)C[C@H](NC(=O)[C@H](CC(=O)O)NC(=O)[C@@H]1CCCN1C(=O)[C@H]1CCCN1)C(N)=O. The lowest BCUT2D eigenvalue weighted by molar-refractivity contribution is -0.143. The van der Waals surface area contributed by atoms with Crippen molar-refractivity contribution < 1.29 is 29.1 Å². The maximum atomic E-state index is 12.9. The Labute approximate surface area is 181 Å². The van der Waals surface area contributed by atoms with Gasteiger partial charge in [-0.1, -0.05) is 13.8 Å². The fourth-order valence-corrected chi connectivity index (χ4v) is 4.04. The van der Waals surface area contributed by atoms with Gasteiger partial charge in [-0.05, 0) is 44.6 Å². The van der Waals surface area contributed by atoms with Crippen molar-refractivity contribution in [2.75, 3.05) is 13.1 Å². The normalized spacial score (nSPS) is 22.7. The van der Waals surface area contributed by atoms with Crippen LogP contribution in [0.3, 0.4) is 0 Å². The Balaban J connectivity index is 2.07. The molecule has 0 saturated carbocycles. The second-order valence-corrected chi connectivity index (χ2v) is 8.59. The zero-order chi connectivity index (χ0) is 23.1. The molecule has 174 valence electrons. The highest BCUT2D eigenvalue weighted by Gasteiger charge is 2.39. The maximum Gasteiger partial charge on any atom is 0.305 e. The Morgan fingerprint density at radius 3 is 2.35 bits per heavy atom. The Bertz CT molecular complexity index is 706. The molecule has 2 aliphatic rings. The molecule has 4 atom stereocenters. The summed E-state index contributed by atoms with van der Waals surface area (Å²) in [7, 11) is 0.